The number of ether oxygens (including phenoxy) is 1. The second-order valence-electron chi connectivity index (χ2n) is 24.6. The minimum Gasteiger partial charge on any atom is -0.445 e. The third-order valence-corrected chi connectivity index (χ3v) is 17.5. The summed E-state index contributed by atoms with van der Waals surface area (Å²) in [6.45, 7) is 12.1. The second kappa shape index (κ2) is 35.4. The van der Waals surface area contributed by atoms with Crippen LogP contribution in [0.1, 0.15) is 140 Å². The van der Waals surface area contributed by atoms with Crippen LogP contribution in [-0.4, -0.2) is 87.3 Å². The highest BCUT2D eigenvalue weighted by Gasteiger charge is 2.41. The molecule has 0 aliphatic carbocycles. The van der Waals surface area contributed by atoms with Gasteiger partial charge in [0.25, 0.3) is 10.1 Å². The van der Waals surface area contributed by atoms with E-state index in [1.807, 2.05) is 66.7 Å². The molecule has 0 aromatic heterocycles. The molecule has 1 aliphatic rings. The number of benzene rings is 6. The fourth-order valence-corrected chi connectivity index (χ4v) is 12.5. The minimum absolute atomic E-state index is 0.0514. The van der Waals surface area contributed by atoms with Crippen LogP contribution >= 0.6 is 0 Å². The van der Waals surface area contributed by atoms with Crippen molar-refractivity contribution in [1.29, 1.82) is 0 Å². The number of nitrogens with zero attached hydrogens (tertiary/aromatic N) is 1. The Labute approximate surface area is 534 Å². The van der Waals surface area contributed by atoms with Crippen LogP contribution in [0, 0.1) is 0 Å². The van der Waals surface area contributed by atoms with Crippen LogP contribution in [0.2, 0.25) is 0 Å². The number of nitrogens with one attached hydrogen (secondary N) is 5. The van der Waals surface area contributed by atoms with Crippen molar-refractivity contribution >= 4 is 66.9 Å². The molecule has 4 amide bonds. The number of nitrogens with two attached hydrogens (primary N) is 1. The molecule has 16 heteroatoms. The van der Waals surface area contributed by atoms with E-state index in [-0.39, 0.29) is 41.4 Å². The first kappa shape index (κ1) is 69.4. The maximum Gasteiger partial charge on any atom is 0.408 e. The first-order valence-electron chi connectivity index (χ1n) is 32.2. The minimum atomic E-state index is -3.98. The summed E-state index contributed by atoms with van der Waals surface area (Å²) in [5, 5.41) is 20.1. The molecule has 0 spiro atoms. The Morgan fingerprint density at radius 1 is 0.633 bits per heavy atom. The summed E-state index contributed by atoms with van der Waals surface area (Å²) >= 11 is 0. The summed E-state index contributed by atoms with van der Waals surface area (Å²) in [7, 11) is -3.98. The molecule has 0 radical (unpaired) electrons. The topological polar surface area (TPSA) is 221 Å². The van der Waals surface area contributed by atoms with Gasteiger partial charge in [0.05, 0.1) is 5.75 Å². The van der Waals surface area contributed by atoms with Gasteiger partial charge in [-0.3, -0.25) is 18.9 Å². The van der Waals surface area contributed by atoms with Crippen molar-refractivity contribution in [3.05, 3.63) is 204 Å². The highest BCUT2D eigenvalue weighted by molar-refractivity contribution is 7.85. The van der Waals surface area contributed by atoms with Crippen molar-refractivity contribution in [2.24, 2.45) is 5.73 Å². The van der Waals surface area contributed by atoms with Gasteiger partial charge in [-0.05, 0) is 138 Å². The third kappa shape index (κ3) is 21.6. The Morgan fingerprint density at radius 2 is 1.26 bits per heavy atom. The molecule has 480 valence electrons. The molecular weight excluding hydrogens is 1150 g/mol. The lowest BCUT2D eigenvalue weighted by Gasteiger charge is -2.29. The van der Waals surface area contributed by atoms with Gasteiger partial charge in [-0.1, -0.05) is 205 Å². The molecule has 15 nitrogen and oxygen atoms in total. The molecule has 7 rings (SSSR count). The number of allylic oxidation sites excluding steroid dienone is 8. The summed E-state index contributed by atoms with van der Waals surface area (Å²) in [6.07, 6.45) is 24.4. The number of hydrogen-bond acceptors (Lipinski definition) is 10. The molecule has 6 aromatic carbocycles. The van der Waals surface area contributed by atoms with E-state index in [9.17, 15) is 32.1 Å². The predicted molar refractivity (Wildman–Crippen MR) is 367 cm³/mol. The van der Waals surface area contributed by atoms with Gasteiger partial charge < -0.3 is 42.0 Å². The average molecular weight is 1240 g/mol. The maximum atomic E-state index is 13.8. The van der Waals surface area contributed by atoms with E-state index in [2.05, 4.69) is 168 Å². The van der Waals surface area contributed by atoms with Crippen LogP contribution in [-0.2, 0) is 53.1 Å². The van der Waals surface area contributed by atoms with Crippen molar-refractivity contribution in [2.75, 3.05) is 48.7 Å². The van der Waals surface area contributed by atoms with Gasteiger partial charge in [-0.15, -0.1) is 0 Å². The van der Waals surface area contributed by atoms with E-state index >= 15 is 0 Å². The number of hydrogen-bond donors (Lipinski definition) is 7. The van der Waals surface area contributed by atoms with Gasteiger partial charge in [-0.25, -0.2) is 4.79 Å². The van der Waals surface area contributed by atoms with E-state index in [4.69, 9.17) is 10.5 Å². The van der Waals surface area contributed by atoms with Crippen LogP contribution < -0.4 is 37.2 Å². The summed E-state index contributed by atoms with van der Waals surface area (Å²) in [4.78, 5) is 55.7. The highest BCUT2D eigenvalue weighted by atomic mass is 32.2. The van der Waals surface area contributed by atoms with Gasteiger partial charge in [0, 0.05) is 61.5 Å². The van der Waals surface area contributed by atoms with Gasteiger partial charge in [0.2, 0.25) is 17.7 Å². The Kier molecular flexibility index (Phi) is 27.3. The zero-order valence-electron chi connectivity index (χ0n) is 53.2. The highest BCUT2D eigenvalue weighted by Crippen LogP contribution is 2.51. The van der Waals surface area contributed by atoms with Gasteiger partial charge >= 0.3 is 6.09 Å². The van der Waals surface area contributed by atoms with E-state index in [1.165, 1.54) is 38.7 Å². The van der Waals surface area contributed by atoms with Crippen LogP contribution in [0.25, 0.3) is 21.5 Å². The lowest BCUT2D eigenvalue weighted by atomic mass is 9.78. The number of unbranched alkanes of at least 4 members (excludes halogenated alkanes) is 7. The van der Waals surface area contributed by atoms with E-state index in [0.717, 1.165) is 80.1 Å². The monoisotopic (exact) mass is 1240 g/mol. The smallest absolute Gasteiger partial charge is 0.408 e. The molecule has 8 N–H and O–H groups in total. The Balaban J connectivity index is 0.837. The van der Waals surface area contributed by atoms with Crippen molar-refractivity contribution in [1.82, 2.24) is 21.3 Å². The summed E-state index contributed by atoms with van der Waals surface area (Å²) < 4.78 is 37.1. The van der Waals surface area contributed by atoms with E-state index in [1.54, 1.807) is 0 Å². The number of anilines is 2. The first-order chi connectivity index (χ1) is 43.4. The SMILES string of the molecule is CC(C)(C/C=C/C=C/C=C/C=C1\N(CCCCCC(=O)NCCCCCCNC(=O)[C@H](CCCCN)NC(=O)[C@H](Cc2ccccc2)NC(=O)OCc2ccccc2)c2ccc3ccccc3c2C1(C)C)c1c(NCCCCS(=O)(=O)O)ccc2ccccc12. The maximum absolute atomic E-state index is 13.8. The van der Waals surface area contributed by atoms with E-state index < -0.39 is 34.2 Å². The fraction of sp³-hybridized carbons (Fsp3) is 0.405. The molecule has 1 aliphatic heterocycles. The molecule has 0 saturated heterocycles. The van der Waals surface area contributed by atoms with Crippen LogP contribution in [0.3, 0.4) is 0 Å². The first-order valence-corrected chi connectivity index (χ1v) is 33.8. The zero-order valence-corrected chi connectivity index (χ0v) is 54.0. The van der Waals surface area contributed by atoms with Crippen molar-refractivity contribution in [2.45, 2.75) is 154 Å². The van der Waals surface area contributed by atoms with Gasteiger partial charge in [0.15, 0.2) is 0 Å². The molecule has 90 heavy (non-hydrogen) atoms. The van der Waals surface area contributed by atoms with Crippen LogP contribution in [0.15, 0.2) is 182 Å². The molecular formula is C74H95N7O8S. The zero-order chi connectivity index (χ0) is 64.2. The van der Waals surface area contributed by atoms with Crippen molar-refractivity contribution in [3.8, 4) is 0 Å². The summed E-state index contributed by atoms with van der Waals surface area (Å²) in [5.74, 6) is -0.944. The number of alkyl carbamates (subject to hydrolysis) is 1. The fourth-order valence-electron chi connectivity index (χ4n) is 11.9. The quantitative estimate of drug-likeness (QED) is 0.0110. The van der Waals surface area contributed by atoms with Crippen molar-refractivity contribution in [3.63, 3.8) is 0 Å². The third-order valence-electron chi connectivity index (χ3n) is 16.7. The number of carbonyl (C=O) groups excluding carboxylic acids is 4. The van der Waals surface area contributed by atoms with E-state index in [0.29, 0.717) is 64.7 Å². The lowest BCUT2D eigenvalue weighted by Crippen LogP contribution is -2.54. The normalized spacial score (nSPS) is 14.3. The largest absolute Gasteiger partial charge is 0.445 e. The predicted octanol–water partition coefficient (Wildman–Crippen LogP) is 13.6. The Morgan fingerprint density at radius 3 is 1.98 bits per heavy atom. The Bertz CT molecular complexity index is 3530. The van der Waals surface area contributed by atoms with Gasteiger partial charge in [-0.2, -0.15) is 8.42 Å². The number of amides is 4. The molecule has 1 heterocycles. The molecule has 2 atom stereocenters. The number of fused-ring (bicyclic) bond motifs is 4. The Hall–Kier alpha value is -8.05. The van der Waals surface area contributed by atoms with Gasteiger partial charge in [0.1, 0.15) is 18.7 Å². The van der Waals surface area contributed by atoms with Crippen LogP contribution in [0.4, 0.5) is 16.2 Å². The number of carbonyl (C=O) groups is 4. The standard InChI is InChI=1S/C74H95N7O8S/c1-73(2,68-60-38-22-20-36-58(60)43-45-62(68)76-49-29-31-53-90(86,87)88)47-25-8-6-5-7-18-41-66-74(3,4)69-61-39-23-21-37-59(61)44-46-65(69)81(66)52-30-13-19-42-67(82)77-50-27-9-10-28-51-78-70(83)63(40-24-26-48-75)79-71(84)64(54-56-32-14-11-15-33-56)80-72(85)89-55-57-34-16-12-17-35-57/h5-8,11-12,14-18,20-23,25,32-39,41,43-46,63-64,76H,9-10,13,19,24,26-31,40,42,47-55,75H2,1-4H3,(H,77,82)(H,78,83)(H,79,84)(H,80,85)(H,86,87,88)/b6-5+,18-7+,25-8+,66-41-/t63-,64-/m0/s1. The summed E-state index contributed by atoms with van der Waals surface area (Å²) in [5.41, 5.74) is 13.0. The molecule has 0 saturated carbocycles. The summed E-state index contributed by atoms with van der Waals surface area (Å²) in [6, 6.07) is 42.6. The average Bonchev–Trinajstić information content (AvgIpc) is 1.58. The van der Waals surface area contributed by atoms with Crippen molar-refractivity contribution < 1.29 is 36.9 Å². The molecule has 0 bridgehead atoms. The molecule has 0 fully saturated rings. The van der Waals surface area contributed by atoms with Crippen LogP contribution in [0.5, 0.6) is 0 Å². The second-order valence-corrected chi connectivity index (χ2v) is 26.2. The number of rotatable bonds is 37. The lowest BCUT2D eigenvalue weighted by molar-refractivity contribution is -0.130. The molecule has 0 unspecified atom stereocenters. The molecule has 6 aromatic rings.